The molecule has 2 saturated heterocycles. The first-order valence-corrected chi connectivity index (χ1v) is 14.2. The fourth-order valence-corrected chi connectivity index (χ4v) is 6.88. The van der Waals surface area contributed by atoms with E-state index >= 15 is 0 Å². The molecule has 2 heterocycles. The van der Waals surface area contributed by atoms with E-state index < -0.39 is 11.1 Å². The van der Waals surface area contributed by atoms with Gasteiger partial charge in [0.15, 0.2) is 0 Å². The van der Waals surface area contributed by atoms with Gasteiger partial charge in [0.1, 0.15) is 24.7 Å². The van der Waals surface area contributed by atoms with Crippen LogP contribution in [0.3, 0.4) is 0 Å². The maximum Gasteiger partial charge on any atom is 0.294 e. The highest BCUT2D eigenvalue weighted by Crippen LogP contribution is 2.35. The van der Waals surface area contributed by atoms with Gasteiger partial charge in [-0.15, -0.1) is 0 Å². The number of imide groups is 1. The summed E-state index contributed by atoms with van der Waals surface area (Å²) in [6.45, 7) is 1.22. The number of halogens is 3. The number of likely N-dealkylation sites (tertiary alicyclic amines) is 1. The average Bonchev–Trinajstić information content (AvgIpc) is 3.01. The van der Waals surface area contributed by atoms with Crippen molar-refractivity contribution < 1.29 is 23.5 Å². The van der Waals surface area contributed by atoms with Crippen LogP contribution in [0.1, 0.15) is 36.8 Å². The summed E-state index contributed by atoms with van der Waals surface area (Å²) < 4.78 is 21.4. The summed E-state index contributed by atoms with van der Waals surface area (Å²) in [7, 11) is 0. The Labute approximate surface area is 234 Å². The van der Waals surface area contributed by atoms with Crippen molar-refractivity contribution in [2.45, 2.75) is 32.3 Å². The first-order valence-electron chi connectivity index (χ1n) is 11.2. The van der Waals surface area contributed by atoms with E-state index in [9.17, 15) is 18.8 Å². The van der Waals surface area contributed by atoms with E-state index in [-0.39, 0.29) is 29.8 Å². The minimum atomic E-state index is -0.451. The first-order chi connectivity index (χ1) is 16.8. The van der Waals surface area contributed by atoms with Crippen molar-refractivity contribution in [1.29, 1.82) is 0 Å². The summed E-state index contributed by atoms with van der Waals surface area (Å²) in [5.41, 5.74) is 1.20. The molecule has 0 atom stereocenters. The highest BCUT2D eigenvalue weighted by atomic mass is 127. The zero-order valence-corrected chi connectivity index (χ0v) is 23.9. The van der Waals surface area contributed by atoms with E-state index in [2.05, 4.69) is 45.2 Å². The van der Waals surface area contributed by atoms with Gasteiger partial charge >= 0.3 is 0 Å². The molecule has 4 rings (SSSR count). The lowest BCUT2D eigenvalue weighted by Gasteiger charge is -2.22. The number of ether oxygens (including phenoxy) is 1. The van der Waals surface area contributed by atoms with Crippen LogP contribution in [-0.4, -0.2) is 46.5 Å². The Kier molecular flexibility index (Phi) is 9.08. The van der Waals surface area contributed by atoms with Gasteiger partial charge in [-0.05, 0) is 99.6 Å². The molecule has 0 radical (unpaired) electrons. The van der Waals surface area contributed by atoms with Gasteiger partial charge < -0.3 is 9.64 Å². The molecule has 2 aromatic carbocycles. The van der Waals surface area contributed by atoms with Crippen LogP contribution in [0.15, 0.2) is 41.3 Å². The fourth-order valence-electron chi connectivity index (χ4n) is 3.91. The quantitative estimate of drug-likeness (QED) is 0.269. The van der Waals surface area contributed by atoms with Crippen molar-refractivity contribution in [3.8, 4) is 5.75 Å². The molecule has 35 heavy (non-hydrogen) atoms. The summed E-state index contributed by atoms with van der Waals surface area (Å²) in [6.07, 6.45) is 5.75. The van der Waals surface area contributed by atoms with Crippen LogP contribution >= 0.6 is 56.9 Å². The molecule has 10 heteroatoms. The highest BCUT2D eigenvalue weighted by Gasteiger charge is 2.37. The van der Waals surface area contributed by atoms with Crippen molar-refractivity contribution in [3.05, 3.63) is 65.4 Å². The minimum absolute atomic E-state index is 0.0992. The molecule has 2 aromatic rings. The fraction of sp³-hybridized carbons (Fsp3) is 0.320. The van der Waals surface area contributed by atoms with Crippen LogP contribution < -0.4 is 4.74 Å². The lowest BCUT2D eigenvalue weighted by Crippen LogP contribution is -2.42. The van der Waals surface area contributed by atoms with E-state index in [0.717, 1.165) is 55.0 Å². The second-order valence-electron chi connectivity index (χ2n) is 8.26. The van der Waals surface area contributed by atoms with Gasteiger partial charge in [-0.1, -0.05) is 31.0 Å². The predicted octanol–water partition coefficient (Wildman–Crippen LogP) is 6.05. The monoisotopic (exact) mass is 720 g/mol. The summed E-state index contributed by atoms with van der Waals surface area (Å²) in [4.78, 5) is 41.2. The van der Waals surface area contributed by atoms with Crippen LogP contribution in [0.4, 0.5) is 9.18 Å². The molecule has 0 bridgehead atoms. The molecule has 2 fully saturated rings. The normalized spacial score (nSPS) is 17.7. The minimum Gasteiger partial charge on any atom is -0.487 e. The molecule has 0 aromatic heterocycles. The van der Waals surface area contributed by atoms with Gasteiger partial charge in [-0.25, -0.2) is 4.39 Å². The van der Waals surface area contributed by atoms with E-state index in [4.69, 9.17) is 4.74 Å². The zero-order chi connectivity index (χ0) is 24.9. The highest BCUT2D eigenvalue weighted by molar-refractivity contribution is 14.1. The summed E-state index contributed by atoms with van der Waals surface area (Å²) >= 11 is 5.11. The Balaban J connectivity index is 1.45. The second-order valence-corrected chi connectivity index (χ2v) is 11.6. The number of nitrogens with zero attached hydrogens (tertiary/aromatic N) is 2. The van der Waals surface area contributed by atoms with Gasteiger partial charge in [0.25, 0.3) is 11.1 Å². The standard InChI is InChI=1S/C25H23FI2N2O4S/c26-18-8-4-3-7-17(18)15-34-23-19(27)11-16(12-20(23)28)13-21-24(32)30(25(33)35-21)14-22(31)29-9-5-1-2-6-10-29/h3-4,7-8,11-13H,1-2,5-6,9-10,14-15H2. The number of amides is 3. The van der Waals surface area contributed by atoms with Gasteiger partial charge in [0.2, 0.25) is 5.91 Å². The molecule has 0 spiro atoms. The molecule has 184 valence electrons. The molecular weight excluding hydrogens is 697 g/mol. The number of thioether (sulfide) groups is 1. The summed E-state index contributed by atoms with van der Waals surface area (Å²) in [5, 5.41) is -0.432. The number of carbonyl (C=O) groups is 3. The largest absolute Gasteiger partial charge is 0.487 e. The SMILES string of the molecule is O=C(CN1C(=O)SC(=Cc2cc(I)c(OCc3ccccc3F)c(I)c2)C1=O)N1CCCCCC1. The molecule has 3 amide bonds. The number of benzene rings is 2. The van der Waals surface area contributed by atoms with Crippen LogP contribution in [-0.2, 0) is 16.2 Å². The van der Waals surface area contributed by atoms with E-state index in [1.165, 1.54) is 6.07 Å². The maximum atomic E-state index is 13.9. The topological polar surface area (TPSA) is 66.9 Å². The van der Waals surface area contributed by atoms with Crippen LogP contribution in [0.2, 0.25) is 0 Å². The van der Waals surface area contributed by atoms with Crippen molar-refractivity contribution in [3.63, 3.8) is 0 Å². The second kappa shape index (κ2) is 12.0. The molecule has 6 nitrogen and oxygen atoms in total. The molecule has 0 N–H and O–H groups in total. The van der Waals surface area contributed by atoms with E-state index in [1.54, 1.807) is 29.2 Å². The number of rotatable bonds is 6. The van der Waals surface area contributed by atoms with Gasteiger partial charge in [0, 0.05) is 18.7 Å². The van der Waals surface area contributed by atoms with Gasteiger partial charge in [-0.3, -0.25) is 19.3 Å². The van der Waals surface area contributed by atoms with E-state index in [1.807, 2.05) is 12.1 Å². The maximum absolute atomic E-state index is 13.9. The number of carbonyl (C=O) groups excluding carboxylic acids is 3. The molecule has 2 aliphatic heterocycles. The Morgan fingerprint density at radius 1 is 1.06 bits per heavy atom. The third kappa shape index (κ3) is 6.56. The molecular formula is C25H23FI2N2O4S. The molecule has 0 unspecified atom stereocenters. The third-order valence-electron chi connectivity index (χ3n) is 5.77. The smallest absolute Gasteiger partial charge is 0.294 e. The first kappa shape index (κ1) is 26.4. The average molecular weight is 720 g/mol. The van der Waals surface area contributed by atoms with Crippen molar-refractivity contribution in [2.75, 3.05) is 19.6 Å². The molecule has 0 aliphatic carbocycles. The van der Waals surface area contributed by atoms with Crippen molar-refractivity contribution in [1.82, 2.24) is 9.80 Å². The summed E-state index contributed by atoms with van der Waals surface area (Å²) in [6, 6.07) is 10.2. The van der Waals surface area contributed by atoms with Gasteiger partial charge in [-0.2, -0.15) is 0 Å². The van der Waals surface area contributed by atoms with Crippen molar-refractivity contribution in [2.24, 2.45) is 0 Å². The van der Waals surface area contributed by atoms with Gasteiger partial charge in [0.05, 0.1) is 12.0 Å². The lowest BCUT2D eigenvalue weighted by molar-refractivity contribution is -0.135. The number of hydrogen-bond donors (Lipinski definition) is 0. The Morgan fingerprint density at radius 3 is 2.37 bits per heavy atom. The summed E-state index contributed by atoms with van der Waals surface area (Å²) in [5.74, 6) is -0.328. The van der Waals surface area contributed by atoms with Crippen LogP contribution in [0.5, 0.6) is 5.75 Å². The Morgan fingerprint density at radius 2 is 1.71 bits per heavy atom. The van der Waals surface area contributed by atoms with Crippen LogP contribution in [0.25, 0.3) is 6.08 Å². The Bertz CT molecular complexity index is 1160. The lowest BCUT2D eigenvalue weighted by atomic mass is 10.2. The van der Waals surface area contributed by atoms with Crippen LogP contribution in [0, 0.1) is 13.0 Å². The predicted molar refractivity (Wildman–Crippen MR) is 150 cm³/mol. The Hall–Kier alpha value is -1.67. The van der Waals surface area contributed by atoms with E-state index in [0.29, 0.717) is 24.4 Å². The van der Waals surface area contributed by atoms with Crippen molar-refractivity contribution >= 4 is 80.1 Å². The molecule has 0 saturated carbocycles. The zero-order valence-electron chi connectivity index (χ0n) is 18.8. The molecule has 2 aliphatic rings. The number of hydrogen-bond acceptors (Lipinski definition) is 5. The third-order valence-corrected chi connectivity index (χ3v) is 8.28.